The fourth-order valence-corrected chi connectivity index (χ4v) is 1.34. The Balaban J connectivity index is 2.20. The summed E-state index contributed by atoms with van der Waals surface area (Å²) in [5.41, 5.74) is 7.10. The van der Waals surface area contributed by atoms with Crippen molar-refractivity contribution in [1.29, 1.82) is 0 Å². The van der Waals surface area contributed by atoms with Crippen LogP contribution in [-0.2, 0) is 7.05 Å². The Labute approximate surface area is 60.6 Å². The summed E-state index contributed by atoms with van der Waals surface area (Å²) in [6.07, 6.45) is 5.39. The second-order valence-corrected chi connectivity index (χ2v) is 3.12. The molecule has 1 aromatic rings. The van der Waals surface area contributed by atoms with Crippen LogP contribution in [0.2, 0.25) is 0 Å². The topological polar surface area (TPSA) is 30.9 Å². The van der Waals surface area contributed by atoms with Crippen LogP contribution >= 0.6 is 0 Å². The fraction of sp³-hybridized carbons (Fsp3) is 0.500. The van der Waals surface area contributed by atoms with Gasteiger partial charge in [0.15, 0.2) is 0 Å². The van der Waals surface area contributed by atoms with Crippen LogP contribution in [0.5, 0.6) is 0 Å². The van der Waals surface area contributed by atoms with Crippen LogP contribution in [-0.4, -0.2) is 10.6 Å². The van der Waals surface area contributed by atoms with Gasteiger partial charge in [0.2, 0.25) is 0 Å². The molecule has 2 rings (SSSR count). The molecule has 1 fully saturated rings. The van der Waals surface area contributed by atoms with Crippen LogP contribution in [0.4, 0.5) is 0 Å². The minimum atomic E-state index is 0.433. The molecule has 0 aromatic carbocycles. The lowest BCUT2D eigenvalue weighted by molar-refractivity contribution is 0.912. The predicted molar refractivity (Wildman–Crippen MR) is 40.7 cm³/mol. The van der Waals surface area contributed by atoms with Crippen LogP contribution in [0.25, 0.3) is 0 Å². The molecule has 1 aliphatic rings. The minimum absolute atomic E-state index is 0.433. The number of hydrogen-bond acceptors (Lipinski definition) is 1. The lowest BCUT2D eigenvalue weighted by Crippen LogP contribution is -2.00. The zero-order chi connectivity index (χ0) is 7.14. The third-order valence-corrected chi connectivity index (χ3v) is 2.12. The molecule has 0 aliphatic heterocycles. The van der Waals surface area contributed by atoms with E-state index in [1.807, 2.05) is 7.05 Å². The Morgan fingerprint density at radius 3 is 2.80 bits per heavy atom. The molecule has 2 nitrogen and oxygen atoms in total. The fourth-order valence-electron chi connectivity index (χ4n) is 1.34. The molecule has 0 amide bonds. The van der Waals surface area contributed by atoms with Gasteiger partial charge in [0, 0.05) is 31.4 Å². The quantitative estimate of drug-likeness (QED) is 0.609. The molecule has 2 atom stereocenters. The molecular formula is C8H12N2. The third-order valence-electron chi connectivity index (χ3n) is 2.12. The summed E-state index contributed by atoms with van der Waals surface area (Å²) in [6, 6.07) is 2.58. The van der Waals surface area contributed by atoms with Crippen LogP contribution in [0, 0.1) is 0 Å². The van der Waals surface area contributed by atoms with E-state index in [4.69, 9.17) is 5.73 Å². The molecule has 0 radical (unpaired) electrons. The second kappa shape index (κ2) is 1.86. The van der Waals surface area contributed by atoms with Crippen molar-refractivity contribution < 1.29 is 0 Å². The van der Waals surface area contributed by atoms with Gasteiger partial charge in [0.1, 0.15) is 0 Å². The van der Waals surface area contributed by atoms with Gasteiger partial charge in [0.05, 0.1) is 0 Å². The SMILES string of the molecule is Cn1ccc(C2CC2N)c1. The molecule has 0 bridgehead atoms. The molecule has 1 aromatic heterocycles. The van der Waals surface area contributed by atoms with Crippen molar-refractivity contribution in [2.24, 2.45) is 12.8 Å². The van der Waals surface area contributed by atoms with Crippen molar-refractivity contribution in [3.8, 4) is 0 Å². The average Bonchev–Trinajstić information content (AvgIpc) is 2.42. The highest BCUT2D eigenvalue weighted by Crippen LogP contribution is 2.38. The second-order valence-electron chi connectivity index (χ2n) is 3.12. The molecule has 1 aliphatic carbocycles. The van der Waals surface area contributed by atoms with Gasteiger partial charge >= 0.3 is 0 Å². The van der Waals surface area contributed by atoms with E-state index in [0.29, 0.717) is 12.0 Å². The Morgan fingerprint density at radius 2 is 2.40 bits per heavy atom. The van der Waals surface area contributed by atoms with Gasteiger partial charge in [-0.05, 0) is 18.1 Å². The molecule has 1 saturated carbocycles. The first-order chi connectivity index (χ1) is 4.77. The van der Waals surface area contributed by atoms with E-state index in [1.54, 1.807) is 0 Å². The van der Waals surface area contributed by atoms with Gasteiger partial charge in [-0.2, -0.15) is 0 Å². The Bertz CT molecular complexity index is 239. The number of rotatable bonds is 1. The average molecular weight is 136 g/mol. The lowest BCUT2D eigenvalue weighted by Gasteiger charge is -1.89. The molecule has 2 N–H and O–H groups in total. The van der Waals surface area contributed by atoms with E-state index in [9.17, 15) is 0 Å². The van der Waals surface area contributed by atoms with Crippen LogP contribution in [0.1, 0.15) is 17.9 Å². The summed E-state index contributed by atoms with van der Waals surface area (Å²) >= 11 is 0. The van der Waals surface area contributed by atoms with Gasteiger partial charge in [0.25, 0.3) is 0 Å². The maximum absolute atomic E-state index is 5.70. The van der Waals surface area contributed by atoms with Gasteiger partial charge in [-0.3, -0.25) is 0 Å². The molecule has 10 heavy (non-hydrogen) atoms. The van der Waals surface area contributed by atoms with Crippen LogP contribution in [0.3, 0.4) is 0 Å². The number of nitrogens with zero attached hydrogens (tertiary/aromatic N) is 1. The Hall–Kier alpha value is -0.760. The van der Waals surface area contributed by atoms with Crippen molar-refractivity contribution in [2.45, 2.75) is 18.4 Å². The maximum atomic E-state index is 5.70. The summed E-state index contributed by atoms with van der Waals surface area (Å²) in [5, 5.41) is 0. The Morgan fingerprint density at radius 1 is 1.70 bits per heavy atom. The first-order valence-corrected chi connectivity index (χ1v) is 3.65. The van der Waals surface area contributed by atoms with E-state index < -0.39 is 0 Å². The highest BCUT2D eigenvalue weighted by molar-refractivity contribution is 5.25. The standard InChI is InChI=1S/C8H12N2/c1-10-3-2-6(5-10)7-4-8(7)9/h2-3,5,7-8H,4,9H2,1H3. The maximum Gasteiger partial charge on any atom is 0.0115 e. The van der Waals surface area contributed by atoms with Crippen molar-refractivity contribution in [3.63, 3.8) is 0 Å². The number of nitrogens with two attached hydrogens (primary N) is 1. The highest BCUT2D eigenvalue weighted by atomic mass is 14.9. The summed E-state index contributed by atoms with van der Waals surface area (Å²) in [4.78, 5) is 0. The van der Waals surface area contributed by atoms with Crippen molar-refractivity contribution in [1.82, 2.24) is 4.57 Å². The third kappa shape index (κ3) is 0.847. The van der Waals surface area contributed by atoms with Gasteiger partial charge < -0.3 is 10.3 Å². The lowest BCUT2D eigenvalue weighted by atomic mass is 10.2. The minimum Gasteiger partial charge on any atom is -0.357 e. The largest absolute Gasteiger partial charge is 0.357 e. The molecular weight excluding hydrogens is 124 g/mol. The van der Waals surface area contributed by atoms with Gasteiger partial charge in [-0.1, -0.05) is 0 Å². The molecule has 2 unspecified atom stereocenters. The predicted octanol–water partition coefficient (Wildman–Crippen LogP) is 0.840. The Kier molecular flexibility index (Phi) is 1.11. The number of aromatic nitrogens is 1. The summed E-state index contributed by atoms with van der Waals surface area (Å²) < 4.78 is 2.07. The zero-order valence-electron chi connectivity index (χ0n) is 6.12. The molecule has 54 valence electrons. The van der Waals surface area contributed by atoms with Crippen molar-refractivity contribution in [3.05, 3.63) is 24.0 Å². The van der Waals surface area contributed by atoms with E-state index in [1.165, 1.54) is 12.0 Å². The zero-order valence-corrected chi connectivity index (χ0v) is 6.12. The van der Waals surface area contributed by atoms with E-state index in [0.717, 1.165) is 0 Å². The van der Waals surface area contributed by atoms with E-state index >= 15 is 0 Å². The summed E-state index contributed by atoms with van der Waals surface area (Å²) in [5.74, 6) is 0.654. The molecule has 1 heterocycles. The molecule has 0 spiro atoms. The summed E-state index contributed by atoms with van der Waals surface area (Å²) in [7, 11) is 2.04. The van der Waals surface area contributed by atoms with Crippen molar-refractivity contribution in [2.75, 3.05) is 0 Å². The van der Waals surface area contributed by atoms with Gasteiger partial charge in [-0.15, -0.1) is 0 Å². The van der Waals surface area contributed by atoms with E-state index in [2.05, 4.69) is 23.0 Å². The molecule has 2 heteroatoms. The molecule has 0 saturated heterocycles. The highest BCUT2D eigenvalue weighted by Gasteiger charge is 2.34. The normalized spacial score (nSPS) is 30.6. The summed E-state index contributed by atoms with van der Waals surface area (Å²) in [6.45, 7) is 0. The van der Waals surface area contributed by atoms with Crippen molar-refractivity contribution >= 4 is 0 Å². The van der Waals surface area contributed by atoms with E-state index in [-0.39, 0.29) is 0 Å². The van der Waals surface area contributed by atoms with Crippen LogP contribution < -0.4 is 5.73 Å². The first-order valence-electron chi connectivity index (χ1n) is 3.65. The number of hydrogen-bond donors (Lipinski definition) is 1. The number of aryl methyl sites for hydroxylation is 1. The van der Waals surface area contributed by atoms with Gasteiger partial charge in [-0.25, -0.2) is 0 Å². The smallest absolute Gasteiger partial charge is 0.0115 e. The van der Waals surface area contributed by atoms with Crippen LogP contribution in [0.15, 0.2) is 18.5 Å². The monoisotopic (exact) mass is 136 g/mol. The first kappa shape index (κ1) is 5.98.